The average molecular weight is 368 g/mol. The lowest BCUT2D eigenvalue weighted by molar-refractivity contribution is -0.134. The number of para-hydroxylation sites is 1. The van der Waals surface area contributed by atoms with Crippen molar-refractivity contribution >= 4 is 17.5 Å². The smallest absolute Gasteiger partial charge is 0.240 e. The van der Waals surface area contributed by atoms with Gasteiger partial charge in [0.1, 0.15) is 23.5 Å². The molecular formula is C21H24N2O4. The van der Waals surface area contributed by atoms with Crippen molar-refractivity contribution < 1.29 is 19.1 Å². The molecule has 1 saturated carbocycles. The first-order chi connectivity index (χ1) is 13.0. The van der Waals surface area contributed by atoms with E-state index in [1.807, 2.05) is 43.3 Å². The number of benzene rings is 2. The lowest BCUT2D eigenvalue weighted by Crippen LogP contribution is -2.41. The first-order valence-corrected chi connectivity index (χ1v) is 8.97. The Morgan fingerprint density at radius 3 is 2.30 bits per heavy atom. The van der Waals surface area contributed by atoms with Crippen molar-refractivity contribution in [2.45, 2.75) is 19.8 Å². The van der Waals surface area contributed by atoms with Gasteiger partial charge in [0.25, 0.3) is 0 Å². The zero-order chi connectivity index (χ0) is 19.3. The minimum absolute atomic E-state index is 0.244. The third-order valence-electron chi connectivity index (χ3n) is 4.73. The van der Waals surface area contributed by atoms with Crippen LogP contribution in [0.25, 0.3) is 0 Å². The molecule has 0 radical (unpaired) electrons. The summed E-state index contributed by atoms with van der Waals surface area (Å²) in [7, 11) is 1.61. The largest absolute Gasteiger partial charge is 0.497 e. The van der Waals surface area contributed by atoms with Crippen LogP contribution in [0.3, 0.4) is 0 Å². The summed E-state index contributed by atoms with van der Waals surface area (Å²) < 4.78 is 10.7. The van der Waals surface area contributed by atoms with Crippen LogP contribution in [0.1, 0.15) is 18.4 Å². The molecule has 0 saturated heterocycles. The standard InChI is InChI=1S/C21H24N2O4/c1-15-5-3-4-6-18(15)23-20(25)21(11-12-21)19(24)22-13-14-27-17-9-7-16(26-2)8-10-17/h3-10H,11-14H2,1-2H3,(H,22,24)(H,23,25). The van der Waals surface area contributed by atoms with E-state index in [0.29, 0.717) is 31.7 Å². The highest BCUT2D eigenvalue weighted by molar-refractivity contribution is 6.13. The minimum Gasteiger partial charge on any atom is -0.497 e. The van der Waals surface area contributed by atoms with Gasteiger partial charge in [-0.1, -0.05) is 18.2 Å². The molecule has 27 heavy (non-hydrogen) atoms. The number of nitrogens with one attached hydrogen (secondary N) is 2. The van der Waals surface area contributed by atoms with Crippen LogP contribution in [0.5, 0.6) is 11.5 Å². The van der Waals surface area contributed by atoms with Crippen LogP contribution in [-0.4, -0.2) is 32.1 Å². The monoisotopic (exact) mass is 368 g/mol. The number of ether oxygens (including phenoxy) is 2. The number of hydrogen-bond acceptors (Lipinski definition) is 4. The molecule has 2 N–H and O–H groups in total. The van der Waals surface area contributed by atoms with Crippen molar-refractivity contribution in [2.24, 2.45) is 5.41 Å². The number of methoxy groups -OCH3 is 1. The van der Waals surface area contributed by atoms with Crippen LogP contribution in [-0.2, 0) is 9.59 Å². The first-order valence-electron chi connectivity index (χ1n) is 8.97. The molecule has 2 amide bonds. The summed E-state index contributed by atoms with van der Waals surface area (Å²) in [4.78, 5) is 25.1. The molecule has 1 fully saturated rings. The van der Waals surface area contributed by atoms with Crippen molar-refractivity contribution in [1.29, 1.82) is 0 Å². The Balaban J connectivity index is 1.47. The van der Waals surface area contributed by atoms with Crippen LogP contribution in [0.2, 0.25) is 0 Å². The summed E-state index contributed by atoms with van der Waals surface area (Å²) in [5, 5.41) is 5.69. The van der Waals surface area contributed by atoms with Gasteiger partial charge in [-0.3, -0.25) is 9.59 Å². The summed E-state index contributed by atoms with van der Waals surface area (Å²) in [6.45, 7) is 2.59. The number of amides is 2. The van der Waals surface area contributed by atoms with Gasteiger partial charge in [-0.25, -0.2) is 0 Å². The molecule has 142 valence electrons. The molecule has 0 aliphatic heterocycles. The molecular weight excluding hydrogens is 344 g/mol. The van der Waals surface area contributed by atoms with Crippen LogP contribution < -0.4 is 20.1 Å². The van der Waals surface area contributed by atoms with E-state index in [2.05, 4.69) is 10.6 Å². The molecule has 0 unspecified atom stereocenters. The second-order valence-corrected chi connectivity index (χ2v) is 6.63. The summed E-state index contributed by atoms with van der Waals surface area (Å²) in [5.74, 6) is 0.965. The third-order valence-corrected chi connectivity index (χ3v) is 4.73. The first kappa shape index (κ1) is 18.8. The average Bonchev–Trinajstić information content (AvgIpc) is 3.49. The summed E-state index contributed by atoms with van der Waals surface area (Å²) in [6.07, 6.45) is 1.13. The molecule has 0 aromatic heterocycles. The Labute approximate surface area is 158 Å². The van der Waals surface area contributed by atoms with Gasteiger partial charge in [0, 0.05) is 5.69 Å². The number of hydrogen-bond donors (Lipinski definition) is 2. The topological polar surface area (TPSA) is 76.7 Å². The Kier molecular flexibility index (Phi) is 5.64. The molecule has 6 nitrogen and oxygen atoms in total. The third kappa shape index (κ3) is 4.39. The second-order valence-electron chi connectivity index (χ2n) is 6.63. The van der Waals surface area contributed by atoms with Gasteiger partial charge in [0.15, 0.2) is 0 Å². The predicted molar refractivity (Wildman–Crippen MR) is 103 cm³/mol. The number of carbonyl (C=O) groups is 2. The Morgan fingerprint density at radius 2 is 1.67 bits per heavy atom. The maximum absolute atomic E-state index is 12.6. The van der Waals surface area contributed by atoms with E-state index in [0.717, 1.165) is 17.0 Å². The quantitative estimate of drug-likeness (QED) is 0.555. The van der Waals surface area contributed by atoms with Gasteiger partial charge in [-0.15, -0.1) is 0 Å². The lowest BCUT2D eigenvalue weighted by atomic mass is 10.0. The fourth-order valence-corrected chi connectivity index (χ4v) is 2.81. The van der Waals surface area contributed by atoms with Gasteiger partial charge in [0.2, 0.25) is 11.8 Å². The van der Waals surface area contributed by atoms with E-state index in [4.69, 9.17) is 9.47 Å². The highest BCUT2D eigenvalue weighted by Gasteiger charge is 2.56. The highest BCUT2D eigenvalue weighted by Crippen LogP contribution is 2.46. The van der Waals surface area contributed by atoms with Gasteiger partial charge >= 0.3 is 0 Å². The fraction of sp³-hybridized carbons (Fsp3) is 0.333. The maximum Gasteiger partial charge on any atom is 0.240 e. The van der Waals surface area contributed by atoms with E-state index in [1.165, 1.54) is 0 Å². The van der Waals surface area contributed by atoms with E-state index in [-0.39, 0.29) is 11.8 Å². The van der Waals surface area contributed by atoms with Crippen molar-refractivity contribution in [3.8, 4) is 11.5 Å². The van der Waals surface area contributed by atoms with Gasteiger partial charge < -0.3 is 20.1 Å². The number of carbonyl (C=O) groups excluding carboxylic acids is 2. The normalized spacial score (nSPS) is 14.1. The zero-order valence-corrected chi connectivity index (χ0v) is 15.6. The molecule has 0 atom stereocenters. The number of anilines is 1. The molecule has 0 bridgehead atoms. The highest BCUT2D eigenvalue weighted by atomic mass is 16.5. The molecule has 6 heteroatoms. The molecule has 1 aliphatic carbocycles. The molecule has 0 heterocycles. The van der Waals surface area contributed by atoms with E-state index in [9.17, 15) is 9.59 Å². The number of rotatable bonds is 8. The molecule has 2 aromatic rings. The Hall–Kier alpha value is -3.02. The summed E-state index contributed by atoms with van der Waals surface area (Å²) in [5.41, 5.74) is 0.752. The Morgan fingerprint density at radius 1 is 1.00 bits per heavy atom. The predicted octanol–water partition coefficient (Wildman–Crippen LogP) is 2.92. The molecule has 1 aliphatic rings. The van der Waals surface area contributed by atoms with Crippen LogP contribution in [0.4, 0.5) is 5.69 Å². The van der Waals surface area contributed by atoms with E-state index in [1.54, 1.807) is 19.2 Å². The molecule has 0 spiro atoms. The zero-order valence-electron chi connectivity index (χ0n) is 15.6. The van der Waals surface area contributed by atoms with Crippen molar-refractivity contribution in [1.82, 2.24) is 5.32 Å². The van der Waals surface area contributed by atoms with Crippen molar-refractivity contribution in [2.75, 3.05) is 25.6 Å². The number of aryl methyl sites for hydroxylation is 1. The van der Waals surface area contributed by atoms with Crippen molar-refractivity contribution in [3.63, 3.8) is 0 Å². The van der Waals surface area contributed by atoms with E-state index < -0.39 is 5.41 Å². The fourth-order valence-electron chi connectivity index (χ4n) is 2.81. The van der Waals surface area contributed by atoms with Crippen LogP contribution in [0, 0.1) is 12.3 Å². The van der Waals surface area contributed by atoms with E-state index >= 15 is 0 Å². The Bertz CT molecular complexity index is 813. The molecule has 2 aromatic carbocycles. The minimum atomic E-state index is -0.956. The van der Waals surface area contributed by atoms with Gasteiger partial charge in [-0.05, 0) is 55.7 Å². The van der Waals surface area contributed by atoms with Gasteiger partial charge in [-0.2, -0.15) is 0 Å². The van der Waals surface area contributed by atoms with Crippen molar-refractivity contribution in [3.05, 3.63) is 54.1 Å². The summed E-state index contributed by atoms with van der Waals surface area (Å²) >= 11 is 0. The lowest BCUT2D eigenvalue weighted by Gasteiger charge is -2.16. The second kappa shape index (κ2) is 8.12. The van der Waals surface area contributed by atoms with Gasteiger partial charge in [0.05, 0.1) is 13.7 Å². The SMILES string of the molecule is COc1ccc(OCCNC(=O)C2(C(=O)Nc3ccccc3C)CC2)cc1. The van der Waals surface area contributed by atoms with Crippen LogP contribution in [0.15, 0.2) is 48.5 Å². The van der Waals surface area contributed by atoms with Crippen LogP contribution >= 0.6 is 0 Å². The molecule has 3 rings (SSSR count). The maximum atomic E-state index is 12.6. The summed E-state index contributed by atoms with van der Waals surface area (Å²) in [6, 6.07) is 14.8.